The van der Waals surface area contributed by atoms with Crippen molar-refractivity contribution in [1.82, 2.24) is 10.2 Å². The van der Waals surface area contributed by atoms with E-state index >= 15 is 0 Å². The molecule has 5 rings (SSSR count). The minimum absolute atomic E-state index is 0.0978. The number of hydrogen-bond donors (Lipinski definition) is 1. The topological polar surface area (TPSA) is 67.9 Å². The Kier molecular flexibility index (Phi) is 6.54. The fraction of sp³-hybridized carbons (Fsp3) is 0.286. The van der Waals surface area contributed by atoms with Crippen LogP contribution in [-0.4, -0.2) is 36.6 Å². The molecule has 2 aliphatic rings. The third-order valence-corrected chi connectivity index (χ3v) is 6.79. The first-order chi connectivity index (χ1) is 17.7. The normalized spacial score (nSPS) is 18.6. The van der Waals surface area contributed by atoms with Gasteiger partial charge in [0.1, 0.15) is 0 Å². The zero-order valence-electron chi connectivity index (χ0n) is 20.0. The highest BCUT2D eigenvalue weighted by Crippen LogP contribution is 2.37. The monoisotopic (exact) mass is 510 g/mol. The maximum absolute atomic E-state index is 13.4. The van der Waals surface area contributed by atoms with Gasteiger partial charge in [0.05, 0.1) is 11.5 Å². The molecule has 3 aromatic rings. The zero-order chi connectivity index (χ0) is 26.2. The van der Waals surface area contributed by atoms with Crippen LogP contribution in [0.25, 0.3) is 0 Å². The van der Waals surface area contributed by atoms with Crippen LogP contribution in [0, 0.1) is 12.8 Å². The summed E-state index contributed by atoms with van der Waals surface area (Å²) in [7, 11) is 0. The van der Waals surface area contributed by atoms with Crippen molar-refractivity contribution in [2.45, 2.75) is 25.6 Å². The van der Waals surface area contributed by atoms with Gasteiger partial charge in [0.25, 0.3) is 5.91 Å². The number of ether oxygens (including phenoxy) is 2. The third-order valence-electron chi connectivity index (χ3n) is 6.79. The second-order valence-corrected chi connectivity index (χ2v) is 9.32. The van der Waals surface area contributed by atoms with Crippen molar-refractivity contribution in [3.8, 4) is 11.5 Å². The second kappa shape index (κ2) is 9.80. The van der Waals surface area contributed by atoms with Crippen LogP contribution in [-0.2, 0) is 17.5 Å². The van der Waals surface area contributed by atoms with Gasteiger partial charge in [-0.25, -0.2) is 0 Å². The second-order valence-electron chi connectivity index (χ2n) is 9.32. The SMILES string of the molecule is Cc1ccc(C(=O)N2C[C@@H](C(=O)NCc3ccc4c(c3)OCO4)[C@H](c3cccc(C(F)(F)F)c3)C2)cc1. The maximum Gasteiger partial charge on any atom is 0.416 e. The molecular formula is C28H25F3N2O4. The van der Waals surface area contributed by atoms with Crippen molar-refractivity contribution in [3.05, 3.63) is 94.5 Å². The Morgan fingerprint density at radius 3 is 2.49 bits per heavy atom. The molecular weight excluding hydrogens is 485 g/mol. The van der Waals surface area contributed by atoms with E-state index in [0.717, 1.165) is 23.3 Å². The molecule has 6 nitrogen and oxygen atoms in total. The summed E-state index contributed by atoms with van der Waals surface area (Å²) in [6.45, 7) is 2.48. The molecule has 9 heteroatoms. The van der Waals surface area contributed by atoms with Gasteiger partial charge in [-0.1, -0.05) is 42.0 Å². The Hall–Kier alpha value is -4.01. The zero-order valence-corrected chi connectivity index (χ0v) is 20.0. The first-order valence-electron chi connectivity index (χ1n) is 11.9. The van der Waals surface area contributed by atoms with Gasteiger partial charge < -0.3 is 19.7 Å². The van der Waals surface area contributed by atoms with Crippen LogP contribution in [0.2, 0.25) is 0 Å². The molecule has 3 aromatic carbocycles. The van der Waals surface area contributed by atoms with E-state index in [1.54, 1.807) is 41.3 Å². The van der Waals surface area contributed by atoms with E-state index in [4.69, 9.17) is 9.47 Å². The molecule has 0 aliphatic carbocycles. The van der Waals surface area contributed by atoms with E-state index in [1.165, 1.54) is 6.07 Å². The molecule has 0 bridgehead atoms. The number of fused-ring (bicyclic) bond motifs is 1. The summed E-state index contributed by atoms with van der Waals surface area (Å²) < 4.78 is 50.9. The number of benzene rings is 3. The summed E-state index contributed by atoms with van der Waals surface area (Å²) in [5, 5.41) is 2.89. The highest BCUT2D eigenvalue weighted by atomic mass is 19.4. The molecule has 0 saturated carbocycles. The fourth-order valence-electron chi connectivity index (χ4n) is 4.77. The van der Waals surface area contributed by atoms with Gasteiger partial charge in [-0.15, -0.1) is 0 Å². The number of carbonyl (C=O) groups is 2. The third kappa shape index (κ3) is 5.26. The number of likely N-dealkylation sites (tertiary alicyclic amines) is 1. The van der Waals surface area contributed by atoms with Gasteiger partial charge in [0, 0.05) is 31.1 Å². The Labute approximate surface area is 212 Å². The van der Waals surface area contributed by atoms with Crippen molar-refractivity contribution in [1.29, 1.82) is 0 Å². The van der Waals surface area contributed by atoms with Crippen LogP contribution in [0.1, 0.15) is 38.5 Å². The number of aryl methyl sites for hydroxylation is 1. The van der Waals surface area contributed by atoms with Crippen molar-refractivity contribution in [2.24, 2.45) is 5.92 Å². The van der Waals surface area contributed by atoms with Crippen molar-refractivity contribution in [3.63, 3.8) is 0 Å². The largest absolute Gasteiger partial charge is 0.454 e. The van der Waals surface area contributed by atoms with E-state index < -0.39 is 23.6 Å². The van der Waals surface area contributed by atoms with E-state index in [0.29, 0.717) is 22.6 Å². The molecule has 192 valence electrons. The number of rotatable bonds is 5. The summed E-state index contributed by atoms with van der Waals surface area (Å²) in [6.07, 6.45) is -4.51. The summed E-state index contributed by atoms with van der Waals surface area (Å²) in [6, 6.07) is 17.4. The van der Waals surface area contributed by atoms with E-state index in [-0.39, 0.29) is 38.2 Å². The minimum Gasteiger partial charge on any atom is -0.454 e. The Bertz CT molecular complexity index is 1320. The number of carbonyl (C=O) groups excluding carboxylic acids is 2. The summed E-state index contributed by atoms with van der Waals surface area (Å²) in [5.74, 6) is -0.687. The van der Waals surface area contributed by atoms with Crippen LogP contribution in [0.5, 0.6) is 11.5 Å². The summed E-state index contributed by atoms with van der Waals surface area (Å²) >= 11 is 0. The van der Waals surface area contributed by atoms with E-state index in [2.05, 4.69) is 5.32 Å². The van der Waals surface area contributed by atoms with Gasteiger partial charge in [0.15, 0.2) is 11.5 Å². The molecule has 2 atom stereocenters. The van der Waals surface area contributed by atoms with Gasteiger partial charge in [-0.05, 0) is 48.4 Å². The van der Waals surface area contributed by atoms with Crippen LogP contribution >= 0.6 is 0 Å². The molecule has 2 heterocycles. The number of halogens is 3. The molecule has 2 aliphatic heterocycles. The molecule has 2 amide bonds. The molecule has 0 unspecified atom stereocenters. The average Bonchev–Trinajstić information content (AvgIpc) is 3.54. The van der Waals surface area contributed by atoms with Crippen molar-refractivity contribution >= 4 is 11.8 Å². The number of hydrogen-bond acceptors (Lipinski definition) is 4. The standard InChI is InChI=1S/C28H25F3N2O4/c1-17-5-8-19(9-6-17)27(35)33-14-22(20-3-2-4-21(12-20)28(29,30)31)23(15-33)26(34)32-13-18-7-10-24-25(11-18)37-16-36-24/h2-12,22-23H,13-16H2,1H3,(H,32,34)/t22-,23+/m0/s1. The fourth-order valence-corrected chi connectivity index (χ4v) is 4.77. The molecule has 37 heavy (non-hydrogen) atoms. The Morgan fingerprint density at radius 1 is 0.973 bits per heavy atom. The lowest BCUT2D eigenvalue weighted by atomic mass is 9.87. The molecule has 1 saturated heterocycles. The van der Waals surface area contributed by atoms with E-state index in [9.17, 15) is 22.8 Å². The summed E-state index contributed by atoms with van der Waals surface area (Å²) in [4.78, 5) is 28.1. The molecule has 0 radical (unpaired) electrons. The van der Waals surface area contributed by atoms with Crippen LogP contribution < -0.4 is 14.8 Å². The first kappa shape index (κ1) is 24.7. The van der Waals surface area contributed by atoms with Crippen LogP contribution in [0.3, 0.4) is 0 Å². The lowest BCUT2D eigenvalue weighted by molar-refractivity contribution is -0.137. The average molecular weight is 511 g/mol. The lowest BCUT2D eigenvalue weighted by Gasteiger charge is -2.19. The number of nitrogens with zero attached hydrogens (tertiary/aromatic N) is 1. The predicted octanol–water partition coefficient (Wildman–Crippen LogP) is 4.91. The molecule has 1 N–H and O–H groups in total. The Morgan fingerprint density at radius 2 is 1.73 bits per heavy atom. The van der Waals surface area contributed by atoms with Crippen molar-refractivity contribution < 1.29 is 32.2 Å². The summed E-state index contributed by atoms with van der Waals surface area (Å²) in [5.41, 5.74) is 1.85. The number of nitrogens with one attached hydrogen (secondary N) is 1. The maximum atomic E-state index is 13.4. The van der Waals surface area contributed by atoms with E-state index in [1.807, 2.05) is 19.1 Å². The highest BCUT2D eigenvalue weighted by Gasteiger charge is 2.41. The lowest BCUT2D eigenvalue weighted by Crippen LogP contribution is -2.35. The quantitative estimate of drug-likeness (QED) is 0.530. The number of alkyl halides is 3. The van der Waals surface area contributed by atoms with Gasteiger partial charge in [-0.2, -0.15) is 13.2 Å². The van der Waals surface area contributed by atoms with Gasteiger partial charge >= 0.3 is 6.18 Å². The Balaban J connectivity index is 1.38. The minimum atomic E-state index is -4.51. The van der Waals surface area contributed by atoms with Gasteiger partial charge in [0.2, 0.25) is 12.7 Å². The number of amides is 2. The molecule has 0 spiro atoms. The van der Waals surface area contributed by atoms with Crippen molar-refractivity contribution in [2.75, 3.05) is 19.9 Å². The molecule has 0 aromatic heterocycles. The van der Waals surface area contributed by atoms with Gasteiger partial charge in [-0.3, -0.25) is 9.59 Å². The van der Waals surface area contributed by atoms with Crippen LogP contribution in [0.15, 0.2) is 66.7 Å². The smallest absolute Gasteiger partial charge is 0.416 e. The first-order valence-corrected chi connectivity index (χ1v) is 11.9. The van der Waals surface area contributed by atoms with Crippen LogP contribution in [0.4, 0.5) is 13.2 Å². The highest BCUT2D eigenvalue weighted by molar-refractivity contribution is 5.95. The molecule has 1 fully saturated rings. The predicted molar refractivity (Wildman–Crippen MR) is 129 cm³/mol.